The molecule has 1 aliphatic heterocycles. The molecule has 4 rings (SSSR count). The van der Waals surface area contributed by atoms with Gasteiger partial charge in [-0.25, -0.2) is 4.98 Å². The molecule has 3 aromatic rings. The Bertz CT molecular complexity index is 895. The summed E-state index contributed by atoms with van der Waals surface area (Å²) in [6, 6.07) is 9.73. The van der Waals surface area contributed by atoms with E-state index in [1.165, 1.54) is 0 Å². The lowest BCUT2D eigenvalue weighted by atomic mass is 10.0. The first-order valence-corrected chi connectivity index (χ1v) is 8.31. The van der Waals surface area contributed by atoms with Crippen molar-refractivity contribution < 1.29 is 9.32 Å². The van der Waals surface area contributed by atoms with Crippen LogP contribution in [0.1, 0.15) is 47.4 Å². The van der Waals surface area contributed by atoms with Crippen molar-refractivity contribution in [1.82, 2.24) is 19.6 Å². The van der Waals surface area contributed by atoms with Gasteiger partial charge in [-0.15, -0.1) is 0 Å². The highest BCUT2D eigenvalue weighted by molar-refractivity contribution is 5.92. The van der Waals surface area contributed by atoms with E-state index in [2.05, 4.69) is 15.8 Å². The number of hydrogen-bond acceptors (Lipinski definition) is 4. The van der Waals surface area contributed by atoms with E-state index in [0.29, 0.717) is 11.5 Å². The Morgan fingerprint density at radius 3 is 2.88 bits per heavy atom. The van der Waals surface area contributed by atoms with Gasteiger partial charge < -0.3 is 14.0 Å². The normalized spacial score (nSPS) is 18.2. The van der Waals surface area contributed by atoms with Crippen molar-refractivity contribution in [2.24, 2.45) is 7.05 Å². The summed E-state index contributed by atoms with van der Waals surface area (Å²) in [7, 11) is 2.02. The first-order valence-electron chi connectivity index (χ1n) is 8.31. The Morgan fingerprint density at radius 1 is 1.29 bits per heavy atom. The van der Waals surface area contributed by atoms with Gasteiger partial charge in [0.15, 0.2) is 5.69 Å². The minimum atomic E-state index is -0.0800. The van der Waals surface area contributed by atoms with E-state index in [-0.39, 0.29) is 11.9 Å². The number of carbonyl (C=O) groups is 1. The Kier molecular flexibility index (Phi) is 3.59. The van der Waals surface area contributed by atoms with Gasteiger partial charge in [-0.2, -0.15) is 0 Å². The summed E-state index contributed by atoms with van der Waals surface area (Å²) in [5.74, 6) is 1.50. The van der Waals surface area contributed by atoms with Crippen molar-refractivity contribution in [2.45, 2.75) is 32.2 Å². The highest BCUT2D eigenvalue weighted by Crippen LogP contribution is 2.33. The van der Waals surface area contributed by atoms with Gasteiger partial charge in [0.25, 0.3) is 5.91 Å². The number of piperidine rings is 1. The molecule has 24 heavy (non-hydrogen) atoms. The van der Waals surface area contributed by atoms with Gasteiger partial charge in [0, 0.05) is 19.7 Å². The maximum Gasteiger partial charge on any atom is 0.276 e. The Balaban J connectivity index is 1.73. The van der Waals surface area contributed by atoms with Crippen molar-refractivity contribution in [2.75, 3.05) is 6.54 Å². The van der Waals surface area contributed by atoms with Crippen LogP contribution in [0.2, 0.25) is 0 Å². The topological polar surface area (TPSA) is 64.2 Å². The van der Waals surface area contributed by atoms with Crippen LogP contribution < -0.4 is 0 Å². The Labute approximate surface area is 140 Å². The molecule has 0 bridgehead atoms. The molecule has 0 saturated carbocycles. The number of amides is 1. The van der Waals surface area contributed by atoms with Gasteiger partial charge in [0.2, 0.25) is 0 Å². The van der Waals surface area contributed by atoms with Crippen LogP contribution in [0.15, 0.2) is 34.9 Å². The number of rotatable bonds is 2. The molecule has 1 fully saturated rings. The molecule has 1 aliphatic rings. The number of carbonyl (C=O) groups excluding carboxylic acids is 1. The SMILES string of the molecule is Cc1cc(C(=O)N2CCCC[C@H]2c2nc3ccccc3n2C)no1. The number of nitrogens with zero attached hydrogens (tertiary/aromatic N) is 4. The molecule has 0 unspecified atom stereocenters. The maximum atomic E-state index is 12.9. The summed E-state index contributed by atoms with van der Waals surface area (Å²) < 4.78 is 7.17. The zero-order chi connectivity index (χ0) is 16.7. The summed E-state index contributed by atoms with van der Waals surface area (Å²) in [6.45, 7) is 2.52. The average Bonchev–Trinajstić information content (AvgIpc) is 3.18. The highest BCUT2D eigenvalue weighted by Gasteiger charge is 2.33. The Hall–Kier alpha value is -2.63. The molecule has 1 atom stereocenters. The molecule has 0 aliphatic carbocycles. The van der Waals surface area contributed by atoms with Gasteiger partial charge in [-0.1, -0.05) is 17.3 Å². The monoisotopic (exact) mass is 324 g/mol. The van der Waals surface area contributed by atoms with Gasteiger partial charge in [-0.05, 0) is 38.3 Å². The molecule has 3 heterocycles. The largest absolute Gasteiger partial charge is 0.361 e. The van der Waals surface area contributed by atoms with Crippen LogP contribution in [-0.2, 0) is 7.05 Å². The Morgan fingerprint density at radius 2 is 2.12 bits per heavy atom. The smallest absolute Gasteiger partial charge is 0.276 e. The van der Waals surface area contributed by atoms with Crippen molar-refractivity contribution in [3.05, 3.63) is 47.6 Å². The number of benzene rings is 1. The summed E-state index contributed by atoms with van der Waals surface area (Å²) in [5, 5.41) is 3.89. The second-order valence-electron chi connectivity index (χ2n) is 6.35. The number of para-hydroxylation sites is 2. The minimum absolute atomic E-state index is 0.0272. The molecule has 1 aromatic carbocycles. The van der Waals surface area contributed by atoms with E-state index in [4.69, 9.17) is 9.51 Å². The molecule has 124 valence electrons. The molecule has 2 aromatic heterocycles. The van der Waals surface area contributed by atoms with Crippen LogP contribution in [0.25, 0.3) is 11.0 Å². The first-order chi connectivity index (χ1) is 11.6. The van der Waals surface area contributed by atoms with Crippen LogP contribution in [0.5, 0.6) is 0 Å². The fourth-order valence-corrected chi connectivity index (χ4v) is 3.52. The van der Waals surface area contributed by atoms with Crippen molar-refractivity contribution in [3.63, 3.8) is 0 Å². The predicted octanol–water partition coefficient (Wildman–Crippen LogP) is 3.24. The number of aromatic nitrogens is 3. The third kappa shape index (κ3) is 2.38. The number of hydrogen-bond donors (Lipinski definition) is 0. The number of aryl methyl sites for hydroxylation is 2. The molecule has 0 radical (unpaired) electrons. The molecular formula is C18H20N4O2. The van der Waals surface area contributed by atoms with Gasteiger partial charge >= 0.3 is 0 Å². The van der Waals surface area contributed by atoms with Crippen LogP contribution in [0.3, 0.4) is 0 Å². The van der Waals surface area contributed by atoms with Crippen molar-refractivity contribution >= 4 is 16.9 Å². The van der Waals surface area contributed by atoms with E-state index in [9.17, 15) is 4.79 Å². The minimum Gasteiger partial charge on any atom is -0.361 e. The van der Waals surface area contributed by atoms with Crippen LogP contribution in [-0.4, -0.2) is 32.1 Å². The third-order valence-corrected chi connectivity index (χ3v) is 4.73. The second-order valence-corrected chi connectivity index (χ2v) is 6.35. The third-order valence-electron chi connectivity index (χ3n) is 4.73. The van der Waals surface area contributed by atoms with E-state index < -0.39 is 0 Å². The summed E-state index contributed by atoms with van der Waals surface area (Å²) in [5.41, 5.74) is 2.42. The molecule has 1 amide bonds. The van der Waals surface area contributed by atoms with Gasteiger partial charge in [-0.3, -0.25) is 4.79 Å². The quantitative estimate of drug-likeness (QED) is 0.726. The molecule has 6 nitrogen and oxygen atoms in total. The maximum absolute atomic E-state index is 12.9. The zero-order valence-corrected chi connectivity index (χ0v) is 13.9. The van der Waals surface area contributed by atoms with Crippen LogP contribution >= 0.6 is 0 Å². The number of likely N-dealkylation sites (tertiary alicyclic amines) is 1. The van der Waals surface area contributed by atoms with E-state index in [1.54, 1.807) is 13.0 Å². The highest BCUT2D eigenvalue weighted by atomic mass is 16.5. The van der Waals surface area contributed by atoms with Crippen LogP contribution in [0, 0.1) is 6.92 Å². The van der Waals surface area contributed by atoms with Gasteiger partial charge in [0.05, 0.1) is 17.1 Å². The summed E-state index contributed by atoms with van der Waals surface area (Å²) >= 11 is 0. The van der Waals surface area contributed by atoms with Crippen molar-refractivity contribution in [3.8, 4) is 0 Å². The van der Waals surface area contributed by atoms with Crippen LogP contribution in [0.4, 0.5) is 0 Å². The first kappa shape index (κ1) is 14.9. The lowest BCUT2D eigenvalue weighted by molar-refractivity contribution is 0.0586. The summed E-state index contributed by atoms with van der Waals surface area (Å²) in [6.07, 6.45) is 3.01. The average molecular weight is 324 g/mol. The lowest BCUT2D eigenvalue weighted by Gasteiger charge is -2.34. The molecule has 1 saturated heterocycles. The molecule has 0 N–H and O–H groups in total. The lowest BCUT2D eigenvalue weighted by Crippen LogP contribution is -2.39. The fourth-order valence-electron chi connectivity index (χ4n) is 3.52. The molecular weight excluding hydrogens is 304 g/mol. The second kappa shape index (κ2) is 5.78. The van der Waals surface area contributed by atoms with Gasteiger partial charge in [0.1, 0.15) is 11.6 Å². The fraction of sp³-hybridized carbons (Fsp3) is 0.389. The molecule has 0 spiro atoms. The van der Waals surface area contributed by atoms with E-state index in [1.807, 2.05) is 30.1 Å². The van der Waals surface area contributed by atoms with Crippen molar-refractivity contribution in [1.29, 1.82) is 0 Å². The summed E-state index contributed by atoms with van der Waals surface area (Å²) in [4.78, 5) is 19.6. The number of fused-ring (bicyclic) bond motifs is 1. The predicted molar refractivity (Wildman–Crippen MR) is 89.6 cm³/mol. The zero-order valence-electron chi connectivity index (χ0n) is 13.9. The molecule has 6 heteroatoms. The number of imidazole rings is 1. The van der Waals surface area contributed by atoms with E-state index >= 15 is 0 Å². The standard InChI is InChI=1S/C18H20N4O2/c1-12-11-14(20-24-12)18(23)22-10-6-5-9-16(22)17-19-13-7-3-4-8-15(13)21(17)2/h3-4,7-8,11,16H,5-6,9-10H2,1-2H3/t16-/m0/s1. The van der Waals surface area contributed by atoms with E-state index in [0.717, 1.165) is 42.7 Å².